The summed E-state index contributed by atoms with van der Waals surface area (Å²) in [5.41, 5.74) is 0.793. The SMILES string of the molecule is C=Cc1c(Cl)cccc1OCOC. The van der Waals surface area contributed by atoms with E-state index in [1.165, 1.54) is 0 Å². The van der Waals surface area contributed by atoms with E-state index in [4.69, 9.17) is 21.1 Å². The Morgan fingerprint density at radius 2 is 2.31 bits per heavy atom. The summed E-state index contributed by atoms with van der Waals surface area (Å²) in [5.74, 6) is 0.685. The molecule has 0 unspecified atom stereocenters. The molecule has 2 nitrogen and oxygen atoms in total. The molecule has 70 valence electrons. The predicted molar refractivity (Wildman–Crippen MR) is 54.0 cm³/mol. The van der Waals surface area contributed by atoms with Crippen LogP contribution < -0.4 is 4.74 Å². The first kappa shape index (κ1) is 10.1. The standard InChI is InChI=1S/C10H11ClO2/c1-3-8-9(11)5-4-6-10(8)13-7-12-2/h3-6H,1,7H2,2H3. The number of hydrogen-bond acceptors (Lipinski definition) is 2. The summed E-state index contributed by atoms with van der Waals surface area (Å²) in [7, 11) is 1.57. The minimum Gasteiger partial charge on any atom is -0.467 e. The van der Waals surface area contributed by atoms with Gasteiger partial charge in [-0.2, -0.15) is 0 Å². The van der Waals surface area contributed by atoms with Crippen molar-refractivity contribution >= 4 is 17.7 Å². The lowest BCUT2D eigenvalue weighted by Crippen LogP contribution is -2.00. The molecule has 3 heteroatoms. The summed E-state index contributed by atoms with van der Waals surface area (Å²) in [6, 6.07) is 5.43. The van der Waals surface area contributed by atoms with Gasteiger partial charge in [0.2, 0.25) is 0 Å². The first-order chi connectivity index (χ1) is 6.29. The van der Waals surface area contributed by atoms with Gasteiger partial charge in [0.15, 0.2) is 6.79 Å². The van der Waals surface area contributed by atoms with Gasteiger partial charge in [-0.25, -0.2) is 0 Å². The second-order valence-electron chi connectivity index (χ2n) is 2.41. The number of hydrogen-bond donors (Lipinski definition) is 0. The number of ether oxygens (including phenoxy) is 2. The lowest BCUT2D eigenvalue weighted by atomic mass is 10.2. The average molecular weight is 199 g/mol. The van der Waals surface area contributed by atoms with Crippen molar-refractivity contribution in [2.24, 2.45) is 0 Å². The molecule has 1 aromatic rings. The molecule has 0 fully saturated rings. The van der Waals surface area contributed by atoms with E-state index < -0.39 is 0 Å². The summed E-state index contributed by atoms with van der Waals surface area (Å²) in [6.45, 7) is 3.86. The Bertz CT molecular complexity index is 297. The van der Waals surface area contributed by atoms with Crippen molar-refractivity contribution in [1.29, 1.82) is 0 Å². The molecule has 13 heavy (non-hydrogen) atoms. The molecule has 0 aliphatic heterocycles. The molecule has 0 aliphatic rings. The third kappa shape index (κ3) is 2.47. The monoisotopic (exact) mass is 198 g/mol. The molecule has 0 atom stereocenters. The predicted octanol–water partition coefficient (Wildman–Crippen LogP) is 2.97. The van der Waals surface area contributed by atoms with E-state index in [1.54, 1.807) is 19.3 Å². The maximum atomic E-state index is 5.92. The molecule has 0 saturated carbocycles. The van der Waals surface area contributed by atoms with Gasteiger partial charge in [0, 0.05) is 12.7 Å². The lowest BCUT2D eigenvalue weighted by molar-refractivity contribution is 0.0510. The first-order valence-electron chi connectivity index (χ1n) is 3.82. The zero-order valence-electron chi connectivity index (χ0n) is 7.42. The lowest BCUT2D eigenvalue weighted by Gasteiger charge is -2.08. The van der Waals surface area contributed by atoms with E-state index in [0.717, 1.165) is 5.56 Å². The molecule has 0 amide bonds. The highest BCUT2D eigenvalue weighted by Gasteiger charge is 2.03. The van der Waals surface area contributed by atoms with Gasteiger partial charge in [-0.1, -0.05) is 30.3 Å². The molecule has 0 aliphatic carbocycles. The van der Waals surface area contributed by atoms with Gasteiger partial charge >= 0.3 is 0 Å². The molecule has 0 saturated heterocycles. The molecule has 1 rings (SSSR count). The van der Waals surface area contributed by atoms with Crippen LogP contribution in [0.3, 0.4) is 0 Å². The Hall–Kier alpha value is -0.990. The van der Waals surface area contributed by atoms with E-state index in [9.17, 15) is 0 Å². The van der Waals surface area contributed by atoms with Crippen LogP contribution in [0.1, 0.15) is 5.56 Å². The minimum absolute atomic E-state index is 0.210. The Morgan fingerprint density at radius 1 is 1.54 bits per heavy atom. The zero-order chi connectivity index (χ0) is 9.68. The minimum atomic E-state index is 0.210. The third-order valence-electron chi connectivity index (χ3n) is 1.55. The highest BCUT2D eigenvalue weighted by Crippen LogP contribution is 2.27. The van der Waals surface area contributed by atoms with Crippen LogP contribution in [0.5, 0.6) is 5.75 Å². The van der Waals surface area contributed by atoms with Crippen LogP contribution in [0.2, 0.25) is 5.02 Å². The Labute approximate surface area is 82.7 Å². The molecule has 0 heterocycles. The van der Waals surface area contributed by atoms with Gasteiger partial charge in [-0.3, -0.25) is 0 Å². The summed E-state index contributed by atoms with van der Waals surface area (Å²) in [5, 5.41) is 0.628. The van der Waals surface area contributed by atoms with E-state index in [2.05, 4.69) is 6.58 Å². The smallest absolute Gasteiger partial charge is 0.188 e. The zero-order valence-corrected chi connectivity index (χ0v) is 8.17. The van der Waals surface area contributed by atoms with Gasteiger partial charge in [0.05, 0.1) is 5.02 Å². The molecule has 0 radical (unpaired) electrons. The molecule has 0 bridgehead atoms. The van der Waals surface area contributed by atoms with E-state index in [1.807, 2.05) is 12.1 Å². The third-order valence-corrected chi connectivity index (χ3v) is 1.88. The van der Waals surface area contributed by atoms with Crippen molar-refractivity contribution in [3.8, 4) is 5.75 Å². The number of benzene rings is 1. The van der Waals surface area contributed by atoms with Gasteiger partial charge < -0.3 is 9.47 Å². The maximum Gasteiger partial charge on any atom is 0.188 e. The van der Waals surface area contributed by atoms with Crippen LogP contribution in [-0.2, 0) is 4.74 Å². The number of methoxy groups -OCH3 is 1. The fraction of sp³-hybridized carbons (Fsp3) is 0.200. The van der Waals surface area contributed by atoms with E-state index >= 15 is 0 Å². The first-order valence-corrected chi connectivity index (χ1v) is 4.20. The molecule has 1 aromatic carbocycles. The largest absolute Gasteiger partial charge is 0.467 e. The summed E-state index contributed by atoms with van der Waals surface area (Å²) >= 11 is 5.92. The molecule has 0 aromatic heterocycles. The van der Waals surface area contributed by atoms with Crippen molar-refractivity contribution in [3.05, 3.63) is 35.4 Å². The van der Waals surface area contributed by atoms with Crippen LogP contribution in [0, 0.1) is 0 Å². The highest BCUT2D eigenvalue weighted by molar-refractivity contribution is 6.32. The van der Waals surface area contributed by atoms with Crippen molar-refractivity contribution < 1.29 is 9.47 Å². The van der Waals surface area contributed by atoms with E-state index in [-0.39, 0.29) is 6.79 Å². The summed E-state index contributed by atoms with van der Waals surface area (Å²) < 4.78 is 10.1. The fourth-order valence-electron chi connectivity index (χ4n) is 0.964. The number of halogens is 1. The van der Waals surface area contributed by atoms with Crippen molar-refractivity contribution in [3.63, 3.8) is 0 Å². The van der Waals surface area contributed by atoms with Gasteiger partial charge in [0.25, 0.3) is 0 Å². The van der Waals surface area contributed by atoms with Crippen LogP contribution in [-0.4, -0.2) is 13.9 Å². The van der Waals surface area contributed by atoms with Crippen molar-refractivity contribution in [1.82, 2.24) is 0 Å². The quantitative estimate of drug-likeness (QED) is 0.693. The van der Waals surface area contributed by atoms with Crippen LogP contribution in [0.25, 0.3) is 6.08 Å². The fourth-order valence-corrected chi connectivity index (χ4v) is 1.21. The summed E-state index contributed by atoms with van der Waals surface area (Å²) in [4.78, 5) is 0. The number of rotatable bonds is 4. The molecule has 0 spiro atoms. The second-order valence-corrected chi connectivity index (χ2v) is 2.81. The van der Waals surface area contributed by atoms with Gasteiger partial charge in [-0.15, -0.1) is 0 Å². The maximum absolute atomic E-state index is 5.92. The molecule has 0 N–H and O–H groups in total. The van der Waals surface area contributed by atoms with E-state index in [0.29, 0.717) is 10.8 Å². The molecular formula is C10H11ClO2. The van der Waals surface area contributed by atoms with Gasteiger partial charge in [-0.05, 0) is 12.1 Å². The Balaban J connectivity index is 2.91. The van der Waals surface area contributed by atoms with Gasteiger partial charge in [0.1, 0.15) is 5.75 Å². The highest BCUT2D eigenvalue weighted by atomic mass is 35.5. The van der Waals surface area contributed by atoms with Crippen molar-refractivity contribution in [2.75, 3.05) is 13.9 Å². The van der Waals surface area contributed by atoms with Crippen LogP contribution in [0.4, 0.5) is 0 Å². The van der Waals surface area contributed by atoms with Crippen molar-refractivity contribution in [2.45, 2.75) is 0 Å². The Morgan fingerprint density at radius 3 is 2.92 bits per heavy atom. The van der Waals surface area contributed by atoms with Crippen LogP contribution in [0.15, 0.2) is 24.8 Å². The normalized spacial score (nSPS) is 9.69. The van der Waals surface area contributed by atoms with Crippen LogP contribution >= 0.6 is 11.6 Å². The average Bonchev–Trinajstić information content (AvgIpc) is 2.15. The topological polar surface area (TPSA) is 18.5 Å². The summed E-state index contributed by atoms with van der Waals surface area (Å²) in [6.07, 6.45) is 1.66. The Kier molecular flexibility index (Phi) is 3.80. The molecular weight excluding hydrogens is 188 g/mol. The second kappa shape index (κ2) is 4.90.